The number of rotatable bonds is 3. The number of hydrogen-bond donors (Lipinski definition) is 1. The number of para-hydroxylation sites is 1. The molecule has 0 amide bonds. The van der Waals surface area contributed by atoms with E-state index < -0.39 is 0 Å². The third kappa shape index (κ3) is 2.65. The third-order valence-corrected chi connectivity index (χ3v) is 5.55. The first kappa shape index (κ1) is 13.4. The van der Waals surface area contributed by atoms with Crippen LogP contribution in [0.5, 0.6) is 0 Å². The summed E-state index contributed by atoms with van der Waals surface area (Å²) >= 11 is 8.73. The lowest BCUT2D eigenvalue weighted by Gasteiger charge is -2.07. The minimum atomic E-state index is -0.130. The van der Waals surface area contributed by atoms with E-state index in [9.17, 15) is 0 Å². The summed E-state index contributed by atoms with van der Waals surface area (Å²) in [5.74, 6) is 0.821. The maximum atomic E-state index is 6.25. The average Bonchev–Trinajstić information content (AvgIpc) is 2.97. The molecule has 3 rings (SSSR count). The summed E-state index contributed by atoms with van der Waals surface area (Å²) in [4.78, 5) is 1.24. The van der Waals surface area contributed by atoms with E-state index in [0.717, 1.165) is 32.1 Å². The number of thiophene rings is 1. The summed E-state index contributed by atoms with van der Waals surface area (Å²) in [6, 6.07) is 9.92. The van der Waals surface area contributed by atoms with Gasteiger partial charge in [0.1, 0.15) is 11.3 Å². The fraction of sp³-hybridized carbons (Fsp3) is 0.143. The van der Waals surface area contributed by atoms with Gasteiger partial charge in [0, 0.05) is 21.2 Å². The van der Waals surface area contributed by atoms with E-state index in [2.05, 4.69) is 37.2 Å². The first-order valence-electron chi connectivity index (χ1n) is 5.80. The van der Waals surface area contributed by atoms with Crippen molar-refractivity contribution in [2.24, 2.45) is 5.73 Å². The molecule has 2 N–H and O–H groups in total. The van der Waals surface area contributed by atoms with Crippen LogP contribution in [0.2, 0.25) is 0 Å². The zero-order valence-corrected chi connectivity index (χ0v) is 13.9. The highest BCUT2D eigenvalue weighted by atomic mass is 79.9. The lowest BCUT2D eigenvalue weighted by atomic mass is 10.1. The van der Waals surface area contributed by atoms with Crippen LogP contribution in [0.25, 0.3) is 11.0 Å². The molecule has 5 heteroatoms. The molecule has 1 atom stereocenters. The molecule has 1 aromatic carbocycles. The molecule has 0 radical (unpaired) electrons. The van der Waals surface area contributed by atoms with Gasteiger partial charge < -0.3 is 10.2 Å². The molecule has 98 valence electrons. The number of benzene rings is 1. The second-order valence-corrected chi connectivity index (χ2v) is 7.02. The van der Waals surface area contributed by atoms with Crippen molar-refractivity contribution in [3.63, 3.8) is 0 Å². The quantitative estimate of drug-likeness (QED) is 0.650. The number of hydrogen-bond acceptors (Lipinski definition) is 3. The largest absolute Gasteiger partial charge is 0.458 e. The van der Waals surface area contributed by atoms with Crippen LogP contribution in [0, 0.1) is 0 Å². The summed E-state index contributed by atoms with van der Waals surface area (Å²) in [5, 5.41) is 3.13. The van der Waals surface area contributed by atoms with Crippen LogP contribution in [0.1, 0.15) is 16.7 Å². The number of nitrogens with two attached hydrogens (primary N) is 1. The molecule has 2 heterocycles. The van der Waals surface area contributed by atoms with Crippen LogP contribution in [0.15, 0.2) is 49.1 Å². The van der Waals surface area contributed by atoms with Crippen LogP contribution in [0.4, 0.5) is 0 Å². The normalized spacial score (nSPS) is 13.0. The minimum absolute atomic E-state index is 0.130. The van der Waals surface area contributed by atoms with Gasteiger partial charge in [-0.25, -0.2) is 0 Å². The van der Waals surface area contributed by atoms with Gasteiger partial charge in [0.05, 0.1) is 10.5 Å². The Morgan fingerprint density at radius 2 is 2.05 bits per heavy atom. The monoisotopic (exact) mass is 399 g/mol. The van der Waals surface area contributed by atoms with E-state index in [1.165, 1.54) is 4.88 Å². The highest BCUT2D eigenvalue weighted by molar-refractivity contribution is 9.11. The van der Waals surface area contributed by atoms with Crippen molar-refractivity contribution >= 4 is 54.2 Å². The summed E-state index contributed by atoms with van der Waals surface area (Å²) < 4.78 is 7.94. The van der Waals surface area contributed by atoms with Gasteiger partial charge in [-0.05, 0) is 55.4 Å². The maximum absolute atomic E-state index is 6.25. The van der Waals surface area contributed by atoms with Crippen molar-refractivity contribution in [3.05, 3.63) is 55.3 Å². The molecular weight excluding hydrogens is 390 g/mol. The Kier molecular flexibility index (Phi) is 3.80. The fourth-order valence-electron chi connectivity index (χ4n) is 2.00. The first-order chi connectivity index (χ1) is 9.15. The predicted octanol–water partition coefficient (Wildman–Crippen LogP) is 5.26. The van der Waals surface area contributed by atoms with Crippen LogP contribution in [-0.2, 0) is 6.42 Å². The standard InChI is InChI=1S/C14H11Br2NOS/c15-9-4-5-19-13(9)7-11(17)12-6-8-2-1-3-10(16)14(8)18-12/h1-6,11H,7,17H2. The molecule has 0 bridgehead atoms. The predicted molar refractivity (Wildman–Crippen MR) is 86.6 cm³/mol. The van der Waals surface area contributed by atoms with Crippen molar-refractivity contribution in [1.29, 1.82) is 0 Å². The number of halogens is 2. The SMILES string of the molecule is NC(Cc1sccc1Br)c1cc2cccc(Br)c2o1. The lowest BCUT2D eigenvalue weighted by molar-refractivity contribution is 0.494. The molecule has 2 nitrogen and oxygen atoms in total. The van der Waals surface area contributed by atoms with Gasteiger partial charge in [0.15, 0.2) is 0 Å². The zero-order valence-electron chi connectivity index (χ0n) is 9.90. The van der Waals surface area contributed by atoms with Crippen molar-refractivity contribution in [2.75, 3.05) is 0 Å². The van der Waals surface area contributed by atoms with Crippen molar-refractivity contribution in [3.8, 4) is 0 Å². The Hall–Kier alpha value is -0.620. The molecule has 0 aliphatic carbocycles. The zero-order chi connectivity index (χ0) is 13.4. The lowest BCUT2D eigenvalue weighted by Crippen LogP contribution is -2.11. The number of fused-ring (bicyclic) bond motifs is 1. The topological polar surface area (TPSA) is 39.2 Å². The molecule has 1 unspecified atom stereocenters. The molecule has 0 fully saturated rings. The van der Waals surface area contributed by atoms with E-state index in [0.29, 0.717) is 0 Å². The molecular formula is C14H11Br2NOS. The Morgan fingerprint density at radius 3 is 2.74 bits per heavy atom. The maximum Gasteiger partial charge on any atom is 0.148 e. The van der Waals surface area contributed by atoms with Gasteiger partial charge in [-0.2, -0.15) is 0 Å². The van der Waals surface area contributed by atoms with Crippen LogP contribution < -0.4 is 5.73 Å². The van der Waals surface area contributed by atoms with E-state index in [1.54, 1.807) is 11.3 Å². The second kappa shape index (κ2) is 5.40. The molecule has 0 saturated heterocycles. The van der Waals surface area contributed by atoms with Gasteiger partial charge in [0.25, 0.3) is 0 Å². The highest BCUT2D eigenvalue weighted by Crippen LogP contribution is 2.32. The first-order valence-corrected chi connectivity index (χ1v) is 8.27. The van der Waals surface area contributed by atoms with Crippen LogP contribution in [0.3, 0.4) is 0 Å². The van der Waals surface area contributed by atoms with E-state index in [4.69, 9.17) is 10.2 Å². The van der Waals surface area contributed by atoms with Crippen molar-refractivity contribution in [2.45, 2.75) is 12.5 Å². The Morgan fingerprint density at radius 1 is 1.21 bits per heavy atom. The van der Waals surface area contributed by atoms with Gasteiger partial charge in [0.2, 0.25) is 0 Å². The third-order valence-electron chi connectivity index (χ3n) is 2.98. The summed E-state index contributed by atoms with van der Waals surface area (Å²) in [5.41, 5.74) is 7.11. The smallest absolute Gasteiger partial charge is 0.148 e. The van der Waals surface area contributed by atoms with Crippen molar-refractivity contribution < 1.29 is 4.42 Å². The Bertz CT molecular complexity index is 719. The molecule has 3 aromatic rings. The molecule has 19 heavy (non-hydrogen) atoms. The van der Waals surface area contributed by atoms with Gasteiger partial charge in [-0.15, -0.1) is 11.3 Å². The van der Waals surface area contributed by atoms with Gasteiger partial charge in [-0.3, -0.25) is 0 Å². The summed E-state index contributed by atoms with van der Waals surface area (Å²) in [6.45, 7) is 0. The van der Waals surface area contributed by atoms with Gasteiger partial charge in [-0.1, -0.05) is 12.1 Å². The molecule has 0 aliphatic rings. The molecule has 0 aliphatic heterocycles. The average molecular weight is 401 g/mol. The van der Waals surface area contributed by atoms with Crippen LogP contribution in [-0.4, -0.2) is 0 Å². The fourth-order valence-corrected chi connectivity index (χ4v) is 4.04. The molecule has 2 aromatic heterocycles. The molecule has 0 spiro atoms. The minimum Gasteiger partial charge on any atom is -0.458 e. The van der Waals surface area contributed by atoms with E-state index in [-0.39, 0.29) is 6.04 Å². The highest BCUT2D eigenvalue weighted by Gasteiger charge is 2.15. The van der Waals surface area contributed by atoms with Crippen molar-refractivity contribution in [1.82, 2.24) is 0 Å². The summed E-state index contributed by atoms with van der Waals surface area (Å²) in [6.07, 6.45) is 0.774. The van der Waals surface area contributed by atoms with E-state index in [1.807, 2.05) is 30.3 Å². The Labute approximate surface area is 131 Å². The Balaban J connectivity index is 1.91. The van der Waals surface area contributed by atoms with Crippen LogP contribution >= 0.6 is 43.2 Å². The molecule has 0 saturated carbocycles. The second-order valence-electron chi connectivity index (χ2n) is 4.31. The summed E-state index contributed by atoms with van der Waals surface area (Å²) in [7, 11) is 0. The number of furan rings is 1. The van der Waals surface area contributed by atoms with E-state index >= 15 is 0 Å². The van der Waals surface area contributed by atoms with Gasteiger partial charge >= 0.3 is 0 Å².